The van der Waals surface area contributed by atoms with Crippen LogP contribution in [0.4, 0.5) is 5.13 Å². The lowest BCUT2D eigenvalue weighted by Crippen LogP contribution is -2.39. The molecule has 1 amide bonds. The van der Waals surface area contributed by atoms with E-state index in [0.29, 0.717) is 5.13 Å². The van der Waals surface area contributed by atoms with Gasteiger partial charge in [0.05, 0.1) is 18.1 Å². The maximum atomic E-state index is 12.3. The van der Waals surface area contributed by atoms with E-state index in [0.717, 1.165) is 10.1 Å². The number of carboxylic acids is 1. The Balaban J connectivity index is 1.72. The number of rotatable bonds is 5. The highest BCUT2D eigenvalue weighted by molar-refractivity contribution is 8.01. The van der Waals surface area contributed by atoms with Crippen molar-refractivity contribution in [2.24, 2.45) is 11.8 Å². The Kier molecular flexibility index (Phi) is 3.96. The first-order chi connectivity index (χ1) is 10.1. The van der Waals surface area contributed by atoms with Crippen molar-refractivity contribution in [3.8, 4) is 0 Å². The molecule has 1 aromatic rings. The van der Waals surface area contributed by atoms with Crippen LogP contribution in [0, 0.1) is 11.8 Å². The summed E-state index contributed by atoms with van der Waals surface area (Å²) in [5.74, 6) is -2.12. The van der Waals surface area contributed by atoms with Crippen molar-refractivity contribution in [1.29, 1.82) is 0 Å². The van der Waals surface area contributed by atoms with Gasteiger partial charge in [-0.25, -0.2) is 0 Å². The van der Waals surface area contributed by atoms with Crippen molar-refractivity contribution < 1.29 is 19.4 Å². The number of thioether (sulfide) groups is 1. The lowest BCUT2D eigenvalue weighted by atomic mass is 9.82. The van der Waals surface area contributed by atoms with Crippen molar-refractivity contribution in [2.45, 2.75) is 23.5 Å². The van der Waals surface area contributed by atoms with Crippen molar-refractivity contribution in [3.05, 3.63) is 12.2 Å². The van der Waals surface area contributed by atoms with Crippen LogP contribution < -0.4 is 5.32 Å². The van der Waals surface area contributed by atoms with E-state index in [1.165, 1.54) is 23.1 Å². The van der Waals surface area contributed by atoms with Gasteiger partial charge in [-0.1, -0.05) is 42.2 Å². The molecule has 7 nitrogen and oxygen atoms in total. The van der Waals surface area contributed by atoms with Gasteiger partial charge in [-0.2, -0.15) is 0 Å². The van der Waals surface area contributed by atoms with Gasteiger partial charge >= 0.3 is 5.97 Å². The average molecular weight is 327 g/mol. The fraction of sp³-hybridized carbons (Fsp3) is 0.500. The number of aliphatic carboxylic acids is 1. The molecule has 2 N–H and O–H groups in total. The zero-order valence-corrected chi connectivity index (χ0v) is 12.7. The lowest BCUT2D eigenvalue weighted by Gasteiger charge is -2.20. The summed E-state index contributed by atoms with van der Waals surface area (Å²) >= 11 is 2.81. The number of hydrogen-bond acceptors (Lipinski definition) is 7. The van der Waals surface area contributed by atoms with E-state index in [-0.39, 0.29) is 5.91 Å². The monoisotopic (exact) mass is 327 g/mol. The van der Waals surface area contributed by atoms with E-state index in [1.54, 1.807) is 12.2 Å². The van der Waals surface area contributed by atoms with Gasteiger partial charge < -0.3 is 15.2 Å². The third-order valence-electron chi connectivity index (χ3n) is 3.39. The number of aromatic nitrogens is 2. The second kappa shape index (κ2) is 5.74. The molecule has 4 atom stereocenters. The molecule has 0 unspecified atom stereocenters. The highest BCUT2D eigenvalue weighted by atomic mass is 32.2. The van der Waals surface area contributed by atoms with E-state index < -0.39 is 30.0 Å². The number of fused-ring (bicyclic) bond motifs is 2. The number of nitrogens with zero attached hydrogens (tertiary/aromatic N) is 2. The number of carbonyl (C=O) groups excluding carboxylic acids is 1. The minimum absolute atomic E-state index is 0.381. The SMILES string of the molecule is CCSc1nnc(NC(=O)[C@H]2[C@@H](C(=O)O)[C@H]3C=C[C@H]2O3)s1. The summed E-state index contributed by atoms with van der Waals surface area (Å²) in [6, 6.07) is 0. The number of ether oxygens (including phenoxy) is 1. The predicted molar refractivity (Wildman–Crippen MR) is 77.4 cm³/mol. The lowest BCUT2D eigenvalue weighted by molar-refractivity contribution is -0.145. The molecular formula is C12H13N3O4S2. The van der Waals surface area contributed by atoms with Gasteiger partial charge in [0, 0.05) is 0 Å². The Bertz CT molecular complexity index is 603. The van der Waals surface area contributed by atoms with E-state index >= 15 is 0 Å². The molecule has 3 rings (SSSR count). The number of nitrogens with one attached hydrogen (secondary N) is 1. The van der Waals surface area contributed by atoms with E-state index in [2.05, 4.69) is 15.5 Å². The Morgan fingerprint density at radius 1 is 1.38 bits per heavy atom. The first-order valence-corrected chi connectivity index (χ1v) is 8.24. The maximum absolute atomic E-state index is 12.3. The summed E-state index contributed by atoms with van der Waals surface area (Å²) in [4.78, 5) is 23.7. The second-order valence-corrected chi connectivity index (χ2v) is 7.12. The van der Waals surface area contributed by atoms with Crippen molar-refractivity contribution in [3.63, 3.8) is 0 Å². The fourth-order valence-corrected chi connectivity index (χ4v) is 4.20. The van der Waals surface area contributed by atoms with Gasteiger partial charge in [-0.15, -0.1) is 10.2 Å². The van der Waals surface area contributed by atoms with Crippen LogP contribution in [-0.2, 0) is 14.3 Å². The van der Waals surface area contributed by atoms with Gasteiger partial charge in [0.15, 0.2) is 4.34 Å². The normalized spacial score (nSPS) is 29.8. The minimum atomic E-state index is -1.02. The molecule has 0 radical (unpaired) electrons. The molecule has 2 aliphatic rings. The highest BCUT2D eigenvalue weighted by Crippen LogP contribution is 2.40. The molecule has 0 aliphatic carbocycles. The Morgan fingerprint density at radius 2 is 2.10 bits per heavy atom. The number of hydrogen-bond donors (Lipinski definition) is 2. The van der Waals surface area contributed by atoms with E-state index in [4.69, 9.17) is 4.74 Å². The molecule has 3 heterocycles. The largest absolute Gasteiger partial charge is 0.481 e. The Hall–Kier alpha value is -1.45. The smallest absolute Gasteiger partial charge is 0.310 e. The molecule has 0 saturated carbocycles. The first kappa shape index (κ1) is 14.5. The van der Waals surface area contributed by atoms with Crippen LogP contribution in [0.2, 0.25) is 0 Å². The third-order valence-corrected chi connectivity index (χ3v) is 5.25. The molecule has 21 heavy (non-hydrogen) atoms. The topological polar surface area (TPSA) is 101 Å². The van der Waals surface area contributed by atoms with Crippen LogP contribution in [0.15, 0.2) is 16.5 Å². The van der Waals surface area contributed by atoms with Gasteiger partial charge in [0.25, 0.3) is 0 Å². The molecule has 9 heteroatoms. The summed E-state index contributed by atoms with van der Waals surface area (Å²) in [5.41, 5.74) is 0. The predicted octanol–water partition coefficient (Wildman–Crippen LogP) is 1.24. The maximum Gasteiger partial charge on any atom is 0.310 e. The standard InChI is InChI=1S/C12H13N3O4S2/c1-2-20-12-15-14-11(21-12)13-9(16)7-5-3-4-6(19-5)8(7)10(17)18/h3-8H,2H2,1H3,(H,17,18)(H,13,14,16)/t5-,6-,7-,8+/m1/s1. The molecular weight excluding hydrogens is 314 g/mol. The summed E-state index contributed by atoms with van der Waals surface area (Å²) in [6.45, 7) is 2.00. The summed E-state index contributed by atoms with van der Waals surface area (Å²) in [7, 11) is 0. The molecule has 1 aromatic heterocycles. The van der Waals surface area contributed by atoms with Gasteiger partial charge in [0.1, 0.15) is 5.92 Å². The molecule has 2 aliphatic heterocycles. The summed E-state index contributed by atoms with van der Waals surface area (Å²) < 4.78 is 6.24. The van der Waals surface area contributed by atoms with E-state index in [1.807, 2.05) is 6.92 Å². The van der Waals surface area contributed by atoms with Crippen LogP contribution >= 0.6 is 23.1 Å². The number of amides is 1. The molecule has 0 aromatic carbocycles. The fourth-order valence-electron chi connectivity index (χ4n) is 2.55. The molecule has 1 saturated heterocycles. The number of anilines is 1. The van der Waals surface area contributed by atoms with Gasteiger partial charge in [-0.3, -0.25) is 9.59 Å². The van der Waals surface area contributed by atoms with Crippen molar-refractivity contribution >= 4 is 40.1 Å². The highest BCUT2D eigenvalue weighted by Gasteiger charge is 2.53. The number of carboxylic acid groups (broad SMARTS) is 1. The van der Waals surface area contributed by atoms with Gasteiger partial charge in [0.2, 0.25) is 11.0 Å². The zero-order valence-electron chi connectivity index (χ0n) is 11.1. The van der Waals surface area contributed by atoms with Crippen LogP contribution in [-0.4, -0.2) is 45.1 Å². The molecule has 2 bridgehead atoms. The average Bonchev–Trinajstić information content (AvgIpc) is 3.13. The van der Waals surface area contributed by atoms with Crippen LogP contribution in [0.1, 0.15) is 6.92 Å². The summed E-state index contributed by atoms with van der Waals surface area (Å²) in [6.07, 6.45) is 2.44. The molecule has 112 valence electrons. The minimum Gasteiger partial charge on any atom is -0.481 e. The van der Waals surface area contributed by atoms with Gasteiger partial charge in [-0.05, 0) is 5.75 Å². The van der Waals surface area contributed by atoms with Crippen molar-refractivity contribution in [1.82, 2.24) is 10.2 Å². The number of carbonyl (C=O) groups is 2. The Morgan fingerprint density at radius 3 is 2.76 bits per heavy atom. The van der Waals surface area contributed by atoms with Crippen LogP contribution in [0.25, 0.3) is 0 Å². The quantitative estimate of drug-likeness (QED) is 0.476. The van der Waals surface area contributed by atoms with E-state index in [9.17, 15) is 14.7 Å². The second-order valence-electron chi connectivity index (χ2n) is 4.64. The Labute approximate surface area is 128 Å². The molecule has 1 fully saturated rings. The molecule has 0 spiro atoms. The first-order valence-electron chi connectivity index (χ1n) is 6.44. The summed E-state index contributed by atoms with van der Waals surface area (Å²) in [5, 5.41) is 20.1. The van der Waals surface area contributed by atoms with Crippen LogP contribution in [0.5, 0.6) is 0 Å². The van der Waals surface area contributed by atoms with Crippen molar-refractivity contribution in [2.75, 3.05) is 11.1 Å². The van der Waals surface area contributed by atoms with Crippen LogP contribution in [0.3, 0.4) is 0 Å². The zero-order chi connectivity index (χ0) is 15.0. The third kappa shape index (κ3) is 2.68.